The zero-order chi connectivity index (χ0) is 13.6. The molecular weight excluding hydrogens is 248 g/mol. The fraction of sp³-hybridized carbons (Fsp3) is 0.643. The van der Waals surface area contributed by atoms with Crippen molar-refractivity contribution in [2.24, 2.45) is 5.41 Å². The van der Waals surface area contributed by atoms with E-state index < -0.39 is 0 Å². The molecule has 0 aromatic carbocycles. The van der Waals surface area contributed by atoms with Gasteiger partial charge in [-0.05, 0) is 24.8 Å². The summed E-state index contributed by atoms with van der Waals surface area (Å²) in [6.45, 7) is 9.85. The number of hydrogen-bond acceptors (Lipinski definition) is 3. The molecule has 0 amide bonds. The minimum absolute atomic E-state index is 0.0996. The molecule has 1 rings (SSSR count). The molecule has 1 atom stereocenters. The van der Waals surface area contributed by atoms with Crippen LogP contribution < -0.4 is 10.1 Å². The summed E-state index contributed by atoms with van der Waals surface area (Å²) in [7, 11) is 0. The van der Waals surface area contributed by atoms with Crippen LogP contribution in [0, 0.1) is 5.41 Å². The summed E-state index contributed by atoms with van der Waals surface area (Å²) in [5, 5.41) is 3.34. The Morgan fingerprint density at radius 1 is 1.39 bits per heavy atom. The van der Waals surface area contributed by atoms with E-state index in [9.17, 15) is 0 Å². The van der Waals surface area contributed by atoms with Gasteiger partial charge in [-0.1, -0.05) is 26.8 Å². The molecule has 0 saturated heterocycles. The summed E-state index contributed by atoms with van der Waals surface area (Å²) in [6, 6.07) is 5.69. The number of halogens is 1. The first-order valence-electron chi connectivity index (χ1n) is 6.38. The maximum Gasteiger partial charge on any atom is 0.215 e. The first-order chi connectivity index (χ1) is 8.40. The number of nitrogens with one attached hydrogen (secondary N) is 1. The molecule has 4 heteroatoms. The number of ether oxygens (including phenoxy) is 1. The Kier molecular flexibility index (Phi) is 5.73. The van der Waals surface area contributed by atoms with Crippen molar-refractivity contribution in [3.05, 3.63) is 18.2 Å². The molecular formula is C14H23ClN2O. The van der Waals surface area contributed by atoms with Crippen LogP contribution >= 0.6 is 11.6 Å². The molecule has 1 aromatic rings. The van der Waals surface area contributed by atoms with Gasteiger partial charge in [-0.15, -0.1) is 11.6 Å². The molecule has 0 spiro atoms. The van der Waals surface area contributed by atoms with Crippen LogP contribution in [0.25, 0.3) is 0 Å². The molecule has 0 saturated carbocycles. The second kappa shape index (κ2) is 6.83. The van der Waals surface area contributed by atoms with Crippen molar-refractivity contribution in [3.63, 3.8) is 0 Å². The molecule has 1 N–H and O–H groups in total. The quantitative estimate of drug-likeness (QED) is 0.795. The Bertz CT molecular complexity index is 363. The normalized spacial score (nSPS) is 13.2. The van der Waals surface area contributed by atoms with Crippen LogP contribution in [0.5, 0.6) is 5.88 Å². The monoisotopic (exact) mass is 270 g/mol. The summed E-state index contributed by atoms with van der Waals surface area (Å²) < 4.78 is 5.35. The molecule has 3 nitrogen and oxygen atoms in total. The molecule has 0 bridgehead atoms. The largest absolute Gasteiger partial charge is 0.478 e. The zero-order valence-electron chi connectivity index (χ0n) is 11.7. The van der Waals surface area contributed by atoms with Gasteiger partial charge in [0.25, 0.3) is 0 Å². The van der Waals surface area contributed by atoms with E-state index >= 15 is 0 Å². The van der Waals surface area contributed by atoms with Crippen molar-refractivity contribution < 1.29 is 4.74 Å². The average Bonchev–Trinajstić information content (AvgIpc) is 2.25. The van der Waals surface area contributed by atoms with Gasteiger partial charge < -0.3 is 10.1 Å². The Labute approximate surface area is 115 Å². The van der Waals surface area contributed by atoms with Crippen LogP contribution in [-0.4, -0.2) is 23.5 Å². The number of aromatic nitrogens is 1. The van der Waals surface area contributed by atoms with Crippen molar-refractivity contribution in [2.45, 2.75) is 39.5 Å². The van der Waals surface area contributed by atoms with Crippen LogP contribution in [0.15, 0.2) is 18.2 Å². The highest BCUT2D eigenvalue weighted by molar-refractivity contribution is 6.20. The van der Waals surface area contributed by atoms with Crippen LogP contribution in [0.3, 0.4) is 0 Å². The molecule has 0 aliphatic rings. The lowest BCUT2D eigenvalue weighted by molar-refractivity contribution is 0.327. The van der Waals surface area contributed by atoms with Crippen LogP contribution in [0.2, 0.25) is 0 Å². The van der Waals surface area contributed by atoms with Crippen LogP contribution in [0.1, 0.15) is 34.1 Å². The van der Waals surface area contributed by atoms with Crippen LogP contribution in [-0.2, 0) is 0 Å². The highest BCUT2D eigenvalue weighted by Crippen LogP contribution is 2.23. The summed E-state index contributed by atoms with van der Waals surface area (Å²) in [5.74, 6) is 1.45. The highest BCUT2D eigenvalue weighted by atomic mass is 35.5. The number of anilines is 1. The van der Waals surface area contributed by atoms with E-state index in [0.717, 1.165) is 12.2 Å². The van der Waals surface area contributed by atoms with E-state index in [1.165, 1.54) is 0 Å². The molecule has 0 aliphatic carbocycles. The maximum absolute atomic E-state index is 6.29. The number of pyridine rings is 1. The lowest BCUT2D eigenvalue weighted by Gasteiger charge is -2.22. The Morgan fingerprint density at radius 3 is 2.72 bits per heavy atom. The minimum Gasteiger partial charge on any atom is -0.478 e. The zero-order valence-corrected chi connectivity index (χ0v) is 12.4. The Hall–Kier alpha value is -0.960. The van der Waals surface area contributed by atoms with Crippen LogP contribution in [0.4, 0.5) is 5.82 Å². The van der Waals surface area contributed by atoms with Gasteiger partial charge >= 0.3 is 0 Å². The summed E-state index contributed by atoms with van der Waals surface area (Å²) in [5.41, 5.74) is 0.245. The van der Waals surface area contributed by atoms with E-state index in [4.69, 9.17) is 16.3 Å². The standard InChI is InChI=1S/C14H23ClN2O/c1-5-18-13-8-6-7-12(17-13)16-10-11(15)9-14(2,3)4/h6-8,11H,5,9-10H2,1-4H3,(H,16,17). The number of alkyl halides is 1. The van der Waals surface area contributed by atoms with Gasteiger partial charge in [0, 0.05) is 12.6 Å². The Balaban J connectivity index is 2.45. The van der Waals surface area contributed by atoms with E-state index in [1.54, 1.807) is 0 Å². The van der Waals surface area contributed by atoms with Crippen molar-refractivity contribution in [1.29, 1.82) is 0 Å². The SMILES string of the molecule is CCOc1cccc(NCC(Cl)CC(C)(C)C)n1. The number of rotatable bonds is 6. The molecule has 0 fully saturated rings. The molecule has 0 radical (unpaired) electrons. The van der Waals surface area contributed by atoms with E-state index in [0.29, 0.717) is 19.0 Å². The molecule has 1 heterocycles. The first-order valence-corrected chi connectivity index (χ1v) is 6.82. The molecule has 102 valence electrons. The number of nitrogens with zero attached hydrogens (tertiary/aromatic N) is 1. The summed E-state index contributed by atoms with van der Waals surface area (Å²) in [4.78, 5) is 4.34. The van der Waals surface area contributed by atoms with Gasteiger partial charge in [0.2, 0.25) is 5.88 Å². The van der Waals surface area contributed by atoms with E-state index in [1.807, 2.05) is 25.1 Å². The van der Waals surface area contributed by atoms with Crippen molar-refractivity contribution in [2.75, 3.05) is 18.5 Å². The van der Waals surface area contributed by atoms with Gasteiger partial charge in [-0.25, -0.2) is 0 Å². The average molecular weight is 271 g/mol. The predicted octanol–water partition coefficient (Wildman–Crippen LogP) is 3.94. The predicted molar refractivity (Wildman–Crippen MR) is 77.6 cm³/mol. The molecule has 18 heavy (non-hydrogen) atoms. The topological polar surface area (TPSA) is 34.1 Å². The molecule has 1 unspecified atom stereocenters. The fourth-order valence-electron chi connectivity index (χ4n) is 1.69. The second-order valence-electron chi connectivity index (χ2n) is 5.54. The smallest absolute Gasteiger partial charge is 0.215 e. The third-order valence-corrected chi connectivity index (χ3v) is 2.66. The molecule has 1 aromatic heterocycles. The summed E-state index contributed by atoms with van der Waals surface area (Å²) in [6.07, 6.45) is 0.965. The maximum atomic E-state index is 6.29. The van der Waals surface area contributed by atoms with Crippen molar-refractivity contribution in [1.82, 2.24) is 4.98 Å². The summed E-state index contributed by atoms with van der Waals surface area (Å²) >= 11 is 6.29. The van der Waals surface area contributed by atoms with Gasteiger partial charge in [-0.2, -0.15) is 4.98 Å². The highest BCUT2D eigenvalue weighted by Gasteiger charge is 2.16. The van der Waals surface area contributed by atoms with Crippen molar-refractivity contribution in [3.8, 4) is 5.88 Å². The third-order valence-electron chi connectivity index (χ3n) is 2.35. The number of hydrogen-bond donors (Lipinski definition) is 1. The van der Waals surface area contributed by atoms with Gasteiger partial charge in [0.15, 0.2) is 0 Å². The minimum atomic E-state index is 0.0996. The van der Waals surface area contributed by atoms with E-state index in [-0.39, 0.29) is 10.8 Å². The lowest BCUT2D eigenvalue weighted by atomic mass is 9.90. The van der Waals surface area contributed by atoms with Crippen molar-refractivity contribution >= 4 is 17.4 Å². The Morgan fingerprint density at radius 2 is 2.11 bits per heavy atom. The van der Waals surface area contributed by atoms with E-state index in [2.05, 4.69) is 31.1 Å². The van der Waals surface area contributed by atoms with Gasteiger partial charge in [0.1, 0.15) is 5.82 Å². The lowest BCUT2D eigenvalue weighted by Crippen LogP contribution is -2.21. The molecule has 0 aliphatic heterocycles. The fourth-order valence-corrected chi connectivity index (χ4v) is 2.23. The second-order valence-corrected chi connectivity index (χ2v) is 6.15. The van der Waals surface area contributed by atoms with Gasteiger partial charge in [0.05, 0.1) is 12.0 Å². The van der Waals surface area contributed by atoms with Gasteiger partial charge in [-0.3, -0.25) is 0 Å². The first kappa shape index (κ1) is 15.1. The third kappa shape index (κ3) is 6.10.